The van der Waals surface area contributed by atoms with Crippen LogP contribution in [0.4, 0.5) is 0 Å². The molecule has 0 spiro atoms. The monoisotopic (exact) mass is 192 g/mol. The van der Waals surface area contributed by atoms with Gasteiger partial charge in [-0.1, -0.05) is 38.1 Å². The molecule has 0 aliphatic carbocycles. The summed E-state index contributed by atoms with van der Waals surface area (Å²) in [6, 6.07) is 8.72. The maximum Gasteiger partial charge on any atom is 0.0793 e. The first-order chi connectivity index (χ1) is 6.63. The van der Waals surface area contributed by atoms with E-state index < -0.39 is 0 Å². The van der Waals surface area contributed by atoms with Crippen molar-refractivity contribution in [1.82, 2.24) is 0 Å². The van der Waals surface area contributed by atoms with Crippen LogP contribution in [0.3, 0.4) is 0 Å². The van der Waals surface area contributed by atoms with Crippen molar-refractivity contribution < 1.29 is 4.74 Å². The molecule has 1 aromatic carbocycles. The van der Waals surface area contributed by atoms with E-state index in [0.29, 0.717) is 0 Å². The highest BCUT2D eigenvalue weighted by Crippen LogP contribution is 2.17. The average molecular weight is 192 g/mol. The van der Waals surface area contributed by atoms with Crippen LogP contribution < -0.4 is 0 Å². The van der Waals surface area contributed by atoms with Gasteiger partial charge in [0.2, 0.25) is 0 Å². The molecule has 0 aliphatic heterocycles. The third-order valence-electron chi connectivity index (χ3n) is 2.45. The Labute approximate surface area is 87.1 Å². The number of hydrogen-bond acceptors (Lipinski definition) is 1. The number of methoxy groups -OCH3 is 1. The minimum atomic E-state index is 0.197. The van der Waals surface area contributed by atoms with E-state index in [2.05, 4.69) is 45.0 Å². The lowest BCUT2D eigenvalue weighted by Crippen LogP contribution is -1.97. The predicted octanol–water partition coefficient (Wildman–Crippen LogP) is 3.59. The Hall–Kier alpha value is -0.820. The summed E-state index contributed by atoms with van der Waals surface area (Å²) in [6.07, 6.45) is 1.35. The molecule has 0 saturated carbocycles. The minimum Gasteiger partial charge on any atom is -0.377 e. The van der Waals surface area contributed by atoms with Crippen molar-refractivity contribution in [3.63, 3.8) is 0 Å². The van der Waals surface area contributed by atoms with Gasteiger partial charge in [-0.2, -0.15) is 0 Å². The molecule has 78 valence electrons. The van der Waals surface area contributed by atoms with E-state index in [1.807, 2.05) is 0 Å². The van der Waals surface area contributed by atoms with Crippen LogP contribution in [-0.2, 0) is 11.2 Å². The lowest BCUT2D eigenvalue weighted by atomic mass is 10.0. The fourth-order valence-electron chi connectivity index (χ4n) is 1.53. The minimum absolute atomic E-state index is 0.197. The molecular weight excluding hydrogens is 172 g/mol. The van der Waals surface area contributed by atoms with Crippen molar-refractivity contribution in [2.75, 3.05) is 7.11 Å². The van der Waals surface area contributed by atoms with Gasteiger partial charge in [-0.15, -0.1) is 0 Å². The lowest BCUT2D eigenvalue weighted by molar-refractivity contribution is 0.119. The third-order valence-corrected chi connectivity index (χ3v) is 2.45. The zero-order chi connectivity index (χ0) is 10.6. The molecule has 1 rings (SSSR count). The summed E-state index contributed by atoms with van der Waals surface area (Å²) in [6.45, 7) is 6.55. The second kappa shape index (κ2) is 5.16. The van der Waals surface area contributed by atoms with Crippen LogP contribution in [0.2, 0.25) is 0 Å². The van der Waals surface area contributed by atoms with Gasteiger partial charge in [-0.05, 0) is 30.4 Å². The predicted molar refractivity (Wildman–Crippen MR) is 60.4 cm³/mol. The van der Waals surface area contributed by atoms with E-state index in [0.717, 1.165) is 12.3 Å². The van der Waals surface area contributed by atoms with Crippen LogP contribution in [0, 0.1) is 5.92 Å². The third kappa shape index (κ3) is 3.15. The van der Waals surface area contributed by atoms with Gasteiger partial charge in [0, 0.05) is 7.11 Å². The van der Waals surface area contributed by atoms with Crippen LogP contribution in [0.5, 0.6) is 0 Å². The summed E-state index contributed by atoms with van der Waals surface area (Å²) >= 11 is 0. The van der Waals surface area contributed by atoms with Gasteiger partial charge in [0.25, 0.3) is 0 Å². The Morgan fingerprint density at radius 1 is 1.07 bits per heavy atom. The van der Waals surface area contributed by atoms with Gasteiger partial charge in [0.1, 0.15) is 0 Å². The molecule has 0 aliphatic rings. The normalized spacial score (nSPS) is 13.2. The van der Waals surface area contributed by atoms with E-state index in [-0.39, 0.29) is 6.10 Å². The summed E-state index contributed by atoms with van der Waals surface area (Å²) in [5.41, 5.74) is 2.66. The van der Waals surface area contributed by atoms with Gasteiger partial charge in [0.05, 0.1) is 6.10 Å². The largest absolute Gasteiger partial charge is 0.377 e. The Morgan fingerprint density at radius 3 is 2.07 bits per heavy atom. The molecule has 14 heavy (non-hydrogen) atoms. The van der Waals surface area contributed by atoms with E-state index in [9.17, 15) is 0 Å². The fourth-order valence-corrected chi connectivity index (χ4v) is 1.53. The molecule has 1 nitrogen and oxygen atoms in total. The zero-order valence-electron chi connectivity index (χ0n) is 9.58. The van der Waals surface area contributed by atoms with E-state index in [4.69, 9.17) is 4.74 Å². The molecule has 0 N–H and O–H groups in total. The topological polar surface area (TPSA) is 9.23 Å². The van der Waals surface area contributed by atoms with Crippen LogP contribution in [0.25, 0.3) is 0 Å². The Bertz CT molecular complexity index is 261. The summed E-state index contributed by atoms with van der Waals surface area (Å²) in [5, 5.41) is 0. The molecule has 0 saturated heterocycles. The van der Waals surface area contributed by atoms with Gasteiger partial charge >= 0.3 is 0 Å². The van der Waals surface area contributed by atoms with Crippen LogP contribution >= 0.6 is 0 Å². The maximum absolute atomic E-state index is 5.26. The molecule has 1 unspecified atom stereocenters. The molecule has 0 amide bonds. The maximum atomic E-state index is 5.26. The van der Waals surface area contributed by atoms with Gasteiger partial charge < -0.3 is 4.74 Å². The quantitative estimate of drug-likeness (QED) is 0.708. The number of rotatable bonds is 4. The smallest absolute Gasteiger partial charge is 0.0793 e. The molecule has 1 heteroatoms. The van der Waals surface area contributed by atoms with Gasteiger partial charge in [0.15, 0.2) is 0 Å². The standard InChI is InChI=1S/C13H20O/c1-10(2)9-12-5-7-13(8-6-12)11(3)14-4/h5-8,10-11H,9H2,1-4H3. The Balaban J connectivity index is 2.68. The second-order valence-electron chi connectivity index (χ2n) is 4.22. The number of ether oxygens (including phenoxy) is 1. The first kappa shape index (κ1) is 11.3. The Morgan fingerprint density at radius 2 is 1.64 bits per heavy atom. The zero-order valence-corrected chi connectivity index (χ0v) is 9.58. The van der Waals surface area contributed by atoms with Gasteiger partial charge in [-0.3, -0.25) is 0 Å². The van der Waals surface area contributed by atoms with Crippen molar-refractivity contribution >= 4 is 0 Å². The molecule has 1 atom stereocenters. The van der Waals surface area contributed by atoms with Crippen molar-refractivity contribution in [2.45, 2.75) is 33.3 Å². The first-order valence-corrected chi connectivity index (χ1v) is 5.25. The van der Waals surface area contributed by atoms with Crippen molar-refractivity contribution in [3.8, 4) is 0 Å². The van der Waals surface area contributed by atoms with Gasteiger partial charge in [-0.25, -0.2) is 0 Å². The van der Waals surface area contributed by atoms with Crippen LogP contribution in [0.1, 0.15) is 38.0 Å². The Kier molecular flexibility index (Phi) is 4.15. The molecule has 1 aromatic rings. The van der Waals surface area contributed by atoms with E-state index >= 15 is 0 Å². The highest BCUT2D eigenvalue weighted by atomic mass is 16.5. The van der Waals surface area contributed by atoms with Crippen LogP contribution in [-0.4, -0.2) is 7.11 Å². The highest BCUT2D eigenvalue weighted by Gasteiger charge is 2.03. The van der Waals surface area contributed by atoms with Crippen molar-refractivity contribution in [3.05, 3.63) is 35.4 Å². The first-order valence-electron chi connectivity index (χ1n) is 5.25. The average Bonchev–Trinajstić information content (AvgIpc) is 2.17. The second-order valence-corrected chi connectivity index (χ2v) is 4.22. The van der Waals surface area contributed by atoms with Crippen molar-refractivity contribution in [1.29, 1.82) is 0 Å². The highest BCUT2D eigenvalue weighted by molar-refractivity contribution is 5.24. The van der Waals surface area contributed by atoms with E-state index in [1.165, 1.54) is 11.1 Å². The summed E-state index contributed by atoms with van der Waals surface area (Å²) in [7, 11) is 1.74. The van der Waals surface area contributed by atoms with E-state index in [1.54, 1.807) is 7.11 Å². The number of benzene rings is 1. The summed E-state index contributed by atoms with van der Waals surface area (Å²) in [5.74, 6) is 0.723. The van der Waals surface area contributed by atoms with Crippen molar-refractivity contribution in [2.24, 2.45) is 5.92 Å². The number of hydrogen-bond donors (Lipinski definition) is 0. The molecule has 0 heterocycles. The molecule has 0 fully saturated rings. The molecule has 0 radical (unpaired) electrons. The molecule has 0 aromatic heterocycles. The lowest BCUT2D eigenvalue weighted by Gasteiger charge is -2.11. The summed E-state index contributed by atoms with van der Waals surface area (Å²) < 4.78 is 5.26. The SMILES string of the molecule is COC(C)c1ccc(CC(C)C)cc1. The molecular formula is C13H20O. The van der Waals surface area contributed by atoms with Crippen LogP contribution in [0.15, 0.2) is 24.3 Å². The summed E-state index contributed by atoms with van der Waals surface area (Å²) in [4.78, 5) is 0. The molecule has 0 bridgehead atoms. The fraction of sp³-hybridized carbons (Fsp3) is 0.538.